The van der Waals surface area contributed by atoms with Gasteiger partial charge in [0.05, 0.1) is 25.3 Å². The van der Waals surface area contributed by atoms with E-state index >= 15 is 0 Å². The summed E-state index contributed by atoms with van der Waals surface area (Å²) in [5.74, 6) is 0.522. The summed E-state index contributed by atoms with van der Waals surface area (Å²) in [7, 11) is 1.49. The average Bonchev–Trinajstić information content (AvgIpc) is 2.42. The number of rotatable bonds is 3. The van der Waals surface area contributed by atoms with Crippen molar-refractivity contribution in [1.82, 2.24) is 9.55 Å². The lowest BCUT2D eigenvalue weighted by molar-refractivity contribution is 0.407. The minimum atomic E-state index is -0.503. The largest absolute Gasteiger partial charge is 0.496 e. The molecule has 0 saturated heterocycles. The molecule has 1 aromatic carbocycles. The Morgan fingerprint density at radius 2 is 2.16 bits per heavy atom. The lowest BCUT2D eigenvalue weighted by Crippen LogP contribution is -2.34. The maximum absolute atomic E-state index is 11.6. The third kappa shape index (κ3) is 2.55. The van der Waals surface area contributed by atoms with Gasteiger partial charge in [-0.05, 0) is 18.2 Å². The number of nitrogens with one attached hydrogen (secondary N) is 1. The highest BCUT2D eigenvalue weighted by atomic mass is 16.5. The average molecular weight is 257 g/mol. The summed E-state index contributed by atoms with van der Waals surface area (Å²) in [4.78, 5) is 25.7. The second kappa shape index (κ2) is 5.23. The van der Waals surface area contributed by atoms with E-state index in [0.29, 0.717) is 16.9 Å². The van der Waals surface area contributed by atoms with E-state index in [-0.39, 0.29) is 6.54 Å². The Hall–Kier alpha value is -2.81. The SMILES string of the molecule is COc1ccc(C#N)cc1Cn1c(=O)cc[nH]c1=O. The van der Waals surface area contributed by atoms with E-state index in [0.717, 1.165) is 4.57 Å². The number of hydrogen-bond donors (Lipinski definition) is 1. The van der Waals surface area contributed by atoms with Crippen molar-refractivity contribution >= 4 is 0 Å². The molecule has 1 aromatic heterocycles. The van der Waals surface area contributed by atoms with E-state index in [1.54, 1.807) is 18.2 Å². The monoisotopic (exact) mass is 257 g/mol. The molecule has 6 heteroatoms. The van der Waals surface area contributed by atoms with Gasteiger partial charge < -0.3 is 9.72 Å². The standard InChI is InChI=1S/C13H11N3O3/c1-19-11-3-2-9(7-14)6-10(11)8-16-12(17)4-5-15-13(16)18/h2-6H,8H2,1H3,(H,15,18). The highest BCUT2D eigenvalue weighted by Gasteiger charge is 2.08. The molecule has 1 heterocycles. The topological polar surface area (TPSA) is 87.9 Å². The molecule has 0 atom stereocenters. The van der Waals surface area contributed by atoms with Crippen LogP contribution in [-0.2, 0) is 6.54 Å². The molecule has 2 aromatic rings. The van der Waals surface area contributed by atoms with Crippen LogP contribution in [0.5, 0.6) is 5.75 Å². The van der Waals surface area contributed by atoms with E-state index in [1.165, 1.54) is 19.4 Å². The Balaban J connectivity index is 2.52. The highest BCUT2D eigenvalue weighted by Crippen LogP contribution is 2.19. The van der Waals surface area contributed by atoms with Crippen molar-refractivity contribution in [1.29, 1.82) is 5.26 Å². The van der Waals surface area contributed by atoms with E-state index in [1.807, 2.05) is 6.07 Å². The number of H-pyrrole nitrogens is 1. The summed E-state index contributed by atoms with van der Waals surface area (Å²) in [5, 5.41) is 8.87. The van der Waals surface area contributed by atoms with Crippen LogP contribution in [0.3, 0.4) is 0 Å². The Morgan fingerprint density at radius 1 is 1.37 bits per heavy atom. The molecule has 0 radical (unpaired) electrons. The summed E-state index contributed by atoms with van der Waals surface area (Å²) in [6, 6.07) is 8.11. The Morgan fingerprint density at radius 3 is 2.79 bits per heavy atom. The molecule has 6 nitrogen and oxygen atoms in total. The molecule has 0 bridgehead atoms. The third-order valence-corrected chi connectivity index (χ3v) is 2.68. The van der Waals surface area contributed by atoms with Crippen LogP contribution in [0.4, 0.5) is 0 Å². The number of aromatic amines is 1. The first-order chi connectivity index (χ1) is 9.15. The maximum Gasteiger partial charge on any atom is 0.328 e. The van der Waals surface area contributed by atoms with E-state index < -0.39 is 11.2 Å². The number of hydrogen-bond acceptors (Lipinski definition) is 4. The fourth-order valence-electron chi connectivity index (χ4n) is 1.74. The molecular weight excluding hydrogens is 246 g/mol. The van der Waals surface area contributed by atoms with Gasteiger partial charge >= 0.3 is 5.69 Å². The van der Waals surface area contributed by atoms with Crippen molar-refractivity contribution in [2.75, 3.05) is 7.11 Å². The van der Waals surface area contributed by atoms with Crippen molar-refractivity contribution in [3.63, 3.8) is 0 Å². The first kappa shape index (κ1) is 12.6. The summed E-state index contributed by atoms with van der Waals surface area (Å²) in [5.41, 5.74) is 0.127. The zero-order chi connectivity index (χ0) is 13.8. The van der Waals surface area contributed by atoms with Crippen LogP contribution >= 0.6 is 0 Å². The van der Waals surface area contributed by atoms with Crippen LogP contribution in [0, 0.1) is 11.3 Å². The number of nitrogens with zero attached hydrogens (tertiary/aromatic N) is 2. The van der Waals surface area contributed by atoms with Gasteiger partial charge in [0.15, 0.2) is 0 Å². The molecule has 0 saturated carbocycles. The van der Waals surface area contributed by atoms with Gasteiger partial charge in [-0.15, -0.1) is 0 Å². The molecule has 0 spiro atoms. The number of aromatic nitrogens is 2. The number of ether oxygens (including phenoxy) is 1. The number of nitriles is 1. The smallest absolute Gasteiger partial charge is 0.328 e. The Labute approximate surface area is 108 Å². The van der Waals surface area contributed by atoms with Gasteiger partial charge in [-0.25, -0.2) is 4.79 Å². The molecule has 0 fully saturated rings. The van der Waals surface area contributed by atoms with Gasteiger partial charge in [-0.1, -0.05) is 0 Å². The molecular formula is C13H11N3O3. The first-order valence-electron chi connectivity index (χ1n) is 5.51. The van der Waals surface area contributed by atoms with Gasteiger partial charge in [-0.3, -0.25) is 9.36 Å². The molecule has 0 aliphatic carbocycles. The summed E-state index contributed by atoms with van der Waals surface area (Å²) >= 11 is 0. The van der Waals surface area contributed by atoms with Crippen LogP contribution in [0.1, 0.15) is 11.1 Å². The minimum Gasteiger partial charge on any atom is -0.496 e. The van der Waals surface area contributed by atoms with E-state index in [4.69, 9.17) is 10.00 Å². The van der Waals surface area contributed by atoms with Gasteiger partial charge in [0.2, 0.25) is 0 Å². The second-order valence-electron chi connectivity index (χ2n) is 3.85. The zero-order valence-electron chi connectivity index (χ0n) is 10.2. The minimum absolute atomic E-state index is 0.0493. The normalized spacial score (nSPS) is 9.89. The molecule has 0 unspecified atom stereocenters. The molecule has 0 amide bonds. The second-order valence-corrected chi connectivity index (χ2v) is 3.85. The first-order valence-corrected chi connectivity index (χ1v) is 5.51. The van der Waals surface area contributed by atoms with Crippen LogP contribution in [0.2, 0.25) is 0 Å². The molecule has 1 N–H and O–H groups in total. The zero-order valence-corrected chi connectivity index (χ0v) is 10.2. The van der Waals surface area contributed by atoms with Gasteiger partial charge in [0, 0.05) is 17.8 Å². The Bertz CT molecular complexity index is 724. The molecule has 19 heavy (non-hydrogen) atoms. The lowest BCUT2D eigenvalue weighted by Gasteiger charge is -2.09. The fourth-order valence-corrected chi connectivity index (χ4v) is 1.74. The quantitative estimate of drug-likeness (QED) is 0.865. The van der Waals surface area contributed by atoms with Crippen molar-refractivity contribution in [3.05, 3.63) is 62.4 Å². The molecule has 0 aliphatic rings. The van der Waals surface area contributed by atoms with E-state index in [9.17, 15) is 9.59 Å². The van der Waals surface area contributed by atoms with Gasteiger partial charge in [-0.2, -0.15) is 5.26 Å². The predicted molar refractivity (Wildman–Crippen MR) is 68.1 cm³/mol. The predicted octanol–water partition coefficient (Wildman–Crippen LogP) is 0.465. The summed E-state index contributed by atoms with van der Waals surface area (Å²) in [6.45, 7) is 0.0493. The lowest BCUT2D eigenvalue weighted by atomic mass is 10.1. The van der Waals surface area contributed by atoms with Gasteiger partial charge in [0.1, 0.15) is 5.75 Å². The molecule has 96 valence electrons. The molecule has 0 aliphatic heterocycles. The van der Waals surface area contributed by atoms with Gasteiger partial charge in [0.25, 0.3) is 5.56 Å². The summed E-state index contributed by atoms with van der Waals surface area (Å²) in [6.07, 6.45) is 1.30. The maximum atomic E-state index is 11.6. The van der Waals surface area contributed by atoms with Crippen LogP contribution in [-0.4, -0.2) is 16.7 Å². The number of benzene rings is 1. The fraction of sp³-hybridized carbons (Fsp3) is 0.154. The van der Waals surface area contributed by atoms with E-state index in [2.05, 4.69) is 4.98 Å². The van der Waals surface area contributed by atoms with Crippen molar-refractivity contribution in [2.24, 2.45) is 0 Å². The highest BCUT2D eigenvalue weighted by molar-refractivity contribution is 5.42. The Kier molecular flexibility index (Phi) is 3.48. The van der Waals surface area contributed by atoms with Crippen molar-refractivity contribution in [3.8, 4) is 11.8 Å². The van der Waals surface area contributed by atoms with Crippen LogP contribution in [0.15, 0.2) is 40.1 Å². The van der Waals surface area contributed by atoms with Crippen LogP contribution in [0.25, 0.3) is 0 Å². The van der Waals surface area contributed by atoms with Crippen molar-refractivity contribution in [2.45, 2.75) is 6.54 Å². The van der Waals surface area contributed by atoms with Crippen molar-refractivity contribution < 1.29 is 4.74 Å². The summed E-state index contributed by atoms with van der Waals surface area (Å²) < 4.78 is 6.20. The van der Waals surface area contributed by atoms with Crippen LogP contribution < -0.4 is 16.0 Å². The number of methoxy groups -OCH3 is 1. The molecule has 2 rings (SSSR count). The third-order valence-electron chi connectivity index (χ3n) is 2.68.